The Labute approximate surface area is 174 Å². The summed E-state index contributed by atoms with van der Waals surface area (Å²) in [7, 11) is -3.71. The van der Waals surface area contributed by atoms with Gasteiger partial charge in [0.15, 0.2) is 0 Å². The lowest BCUT2D eigenvalue weighted by Crippen LogP contribution is -2.31. The molecule has 2 aromatic rings. The zero-order chi connectivity index (χ0) is 20.4. The molecule has 0 atom stereocenters. The zero-order valence-electron chi connectivity index (χ0n) is 15.9. The predicted octanol–water partition coefficient (Wildman–Crippen LogP) is 2.03. The van der Waals surface area contributed by atoms with Gasteiger partial charge in [-0.2, -0.15) is 0 Å². The van der Waals surface area contributed by atoms with Gasteiger partial charge < -0.3 is 10.2 Å². The van der Waals surface area contributed by atoms with Gasteiger partial charge in [-0.3, -0.25) is 9.59 Å². The third-order valence-corrected chi connectivity index (χ3v) is 7.47. The first kappa shape index (κ1) is 20.1. The Morgan fingerprint density at radius 3 is 2.76 bits per heavy atom. The summed E-state index contributed by atoms with van der Waals surface area (Å²) in [6, 6.07) is 8.72. The molecule has 7 nitrogen and oxygen atoms in total. The van der Waals surface area contributed by atoms with Gasteiger partial charge in [0.1, 0.15) is 0 Å². The number of rotatable bonds is 8. The van der Waals surface area contributed by atoms with Crippen molar-refractivity contribution in [3.05, 3.63) is 46.2 Å². The van der Waals surface area contributed by atoms with E-state index >= 15 is 0 Å². The minimum absolute atomic E-state index is 0.0297. The molecule has 4 rings (SSSR count). The second-order valence-corrected chi connectivity index (χ2v) is 10.1. The van der Waals surface area contributed by atoms with Gasteiger partial charge in [0.25, 0.3) is 0 Å². The van der Waals surface area contributed by atoms with E-state index in [0.29, 0.717) is 19.5 Å². The number of amides is 2. The van der Waals surface area contributed by atoms with Crippen LogP contribution in [0.2, 0.25) is 0 Å². The number of carbonyl (C=O) groups is 2. The van der Waals surface area contributed by atoms with Crippen LogP contribution in [0.15, 0.2) is 40.6 Å². The van der Waals surface area contributed by atoms with Crippen molar-refractivity contribution < 1.29 is 18.0 Å². The second-order valence-electron chi connectivity index (χ2n) is 7.31. The van der Waals surface area contributed by atoms with Crippen LogP contribution in [0.25, 0.3) is 0 Å². The van der Waals surface area contributed by atoms with Gasteiger partial charge in [-0.1, -0.05) is 6.07 Å². The summed E-state index contributed by atoms with van der Waals surface area (Å²) < 4.78 is 27.6. The molecule has 1 aliphatic heterocycles. The summed E-state index contributed by atoms with van der Waals surface area (Å²) in [6.07, 6.45) is 2.62. The molecular formula is C20H23N3O4S2. The molecule has 0 unspecified atom stereocenters. The van der Waals surface area contributed by atoms with Crippen LogP contribution in [-0.2, 0) is 32.6 Å². The van der Waals surface area contributed by atoms with Crippen LogP contribution in [0.1, 0.15) is 29.7 Å². The molecule has 2 amide bonds. The molecule has 29 heavy (non-hydrogen) atoms. The molecule has 1 fully saturated rings. The minimum atomic E-state index is -3.71. The summed E-state index contributed by atoms with van der Waals surface area (Å²) in [6.45, 7) is 1.08. The summed E-state index contributed by atoms with van der Waals surface area (Å²) in [5.41, 5.74) is 1.68. The van der Waals surface area contributed by atoms with Crippen molar-refractivity contribution in [1.82, 2.24) is 10.0 Å². The highest BCUT2D eigenvalue weighted by Crippen LogP contribution is 2.37. The summed E-state index contributed by atoms with van der Waals surface area (Å²) in [4.78, 5) is 27.2. The number of benzene rings is 1. The van der Waals surface area contributed by atoms with Gasteiger partial charge in [0.2, 0.25) is 21.8 Å². The maximum Gasteiger partial charge on any atom is 0.240 e. The Balaban J connectivity index is 1.32. The van der Waals surface area contributed by atoms with E-state index in [4.69, 9.17) is 0 Å². The van der Waals surface area contributed by atoms with Crippen molar-refractivity contribution in [3.8, 4) is 0 Å². The third-order valence-electron chi connectivity index (χ3n) is 5.13. The molecule has 2 aliphatic rings. The SMILES string of the molecule is O=C(CCNS(=O)(=O)c1ccc2c(c1)CCN2C(=O)C1CC1)NCc1cccs1. The van der Waals surface area contributed by atoms with Gasteiger partial charge in [-0.05, 0) is 54.5 Å². The van der Waals surface area contributed by atoms with Crippen molar-refractivity contribution in [1.29, 1.82) is 0 Å². The summed E-state index contributed by atoms with van der Waals surface area (Å²) in [5, 5.41) is 4.71. The standard InChI is InChI=1S/C20H23N3O4S2/c24-19(21-13-16-2-1-11-28-16)7-9-22-29(26,27)17-5-6-18-15(12-17)8-10-23(18)20(25)14-3-4-14/h1-2,5-6,11-12,14,22H,3-4,7-10,13H2,(H,21,24). The van der Waals surface area contributed by atoms with Gasteiger partial charge in [0.05, 0.1) is 11.4 Å². The lowest BCUT2D eigenvalue weighted by Gasteiger charge is -2.17. The lowest BCUT2D eigenvalue weighted by atomic mass is 10.2. The average molecular weight is 434 g/mol. The number of hydrogen-bond donors (Lipinski definition) is 2. The summed E-state index contributed by atoms with van der Waals surface area (Å²) in [5.74, 6) is 0.0762. The number of nitrogens with one attached hydrogen (secondary N) is 2. The van der Waals surface area contributed by atoms with Gasteiger partial charge in [0, 0.05) is 36.0 Å². The van der Waals surface area contributed by atoms with Crippen LogP contribution >= 0.6 is 11.3 Å². The molecule has 0 saturated heterocycles. The van der Waals surface area contributed by atoms with E-state index in [1.54, 1.807) is 28.4 Å². The van der Waals surface area contributed by atoms with Crippen molar-refractivity contribution in [2.45, 2.75) is 37.1 Å². The van der Waals surface area contributed by atoms with Gasteiger partial charge in [-0.25, -0.2) is 13.1 Å². The highest BCUT2D eigenvalue weighted by atomic mass is 32.2. The molecule has 9 heteroatoms. The number of anilines is 1. The normalized spacial score (nSPS) is 15.9. The Morgan fingerprint density at radius 2 is 2.03 bits per heavy atom. The quantitative estimate of drug-likeness (QED) is 0.666. The van der Waals surface area contributed by atoms with Crippen molar-refractivity contribution in [3.63, 3.8) is 0 Å². The largest absolute Gasteiger partial charge is 0.351 e. The average Bonchev–Trinajstić information content (AvgIpc) is 3.25. The highest BCUT2D eigenvalue weighted by molar-refractivity contribution is 7.89. The van der Waals surface area contributed by atoms with E-state index in [0.717, 1.165) is 29.0 Å². The molecule has 154 valence electrons. The maximum atomic E-state index is 12.6. The second kappa shape index (κ2) is 8.25. The van der Waals surface area contributed by atoms with E-state index in [1.165, 1.54) is 6.07 Å². The predicted molar refractivity (Wildman–Crippen MR) is 111 cm³/mol. The topological polar surface area (TPSA) is 95.6 Å². The molecule has 1 aromatic heterocycles. The van der Waals surface area contributed by atoms with E-state index < -0.39 is 10.0 Å². The Kier molecular flexibility index (Phi) is 5.71. The van der Waals surface area contributed by atoms with Crippen molar-refractivity contribution in [2.75, 3.05) is 18.0 Å². The fraction of sp³-hybridized carbons (Fsp3) is 0.400. The number of hydrogen-bond acceptors (Lipinski definition) is 5. The third kappa shape index (κ3) is 4.68. The van der Waals surface area contributed by atoms with E-state index in [9.17, 15) is 18.0 Å². The van der Waals surface area contributed by atoms with Crippen LogP contribution in [0.4, 0.5) is 5.69 Å². The van der Waals surface area contributed by atoms with Crippen molar-refractivity contribution >= 4 is 38.9 Å². The monoisotopic (exact) mass is 433 g/mol. The lowest BCUT2D eigenvalue weighted by molar-refractivity contribution is -0.121. The first-order valence-electron chi connectivity index (χ1n) is 9.67. The van der Waals surface area contributed by atoms with Crippen LogP contribution < -0.4 is 14.9 Å². The summed E-state index contributed by atoms with van der Waals surface area (Å²) >= 11 is 1.56. The number of thiophene rings is 1. The molecule has 1 aliphatic carbocycles. The number of sulfonamides is 1. The smallest absolute Gasteiger partial charge is 0.240 e. The Hall–Kier alpha value is -2.23. The first-order chi connectivity index (χ1) is 13.9. The molecule has 0 radical (unpaired) electrons. The van der Waals surface area contributed by atoms with Gasteiger partial charge in [-0.15, -0.1) is 11.3 Å². The van der Waals surface area contributed by atoms with Crippen LogP contribution in [-0.4, -0.2) is 33.3 Å². The molecule has 2 N–H and O–H groups in total. The Bertz CT molecular complexity index is 1010. The number of nitrogens with zero attached hydrogens (tertiary/aromatic N) is 1. The van der Waals surface area contributed by atoms with Crippen LogP contribution in [0, 0.1) is 5.92 Å². The van der Waals surface area contributed by atoms with Gasteiger partial charge >= 0.3 is 0 Å². The van der Waals surface area contributed by atoms with Crippen LogP contribution in [0.3, 0.4) is 0 Å². The van der Waals surface area contributed by atoms with Crippen LogP contribution in [0.5, 0.6) is 0 Å². The Morgan fingerprint density at radius 1 is 1.21 bits per heavy atom. The minimum Gasteiger partial charge on any atom is -0.351 e. The van der Waals surface area contributed by atoms with Crippen molar-refractivity contribution in [2.24, 2.45) is 5.92 Å². The molecule has 1 aromatic carbocycles. The van der Waals surface area contributed by atoms with E-state index in [2.05, 4.69) is 10.0 Å². The molecular weight excluding hydrogens is 410 g/mol. The van der Waals surface area contributed by atoms with E-state index in [1.807, 2.05) is 17.5 Å². The fourth-order valence-corrected chi connectivity index (χ4v) is 5.12. The number of fused-ring (bicyclic) bond motifs is 1. The first-order valence-corrected chi connectivity index (χ1v) is 12.0. The molecule has 0 bridgehead atoms. The molecule has 1 saturated carbocycles. The fourth-order valence-electron chi connectivity index (χ4n) is 3.39. The highest BCUT2D eigenvalue weighted by Gasteiger charge is 2.36. The number of carbonyl (C=O) groups excluding carboxylic acids is 2. The van der Waals surface area contributed by atoms with E-state index in [-0.39, 0.29) is 35.6 Å². The maximum absolute atomic E-state index is 12.6. The molecule has 2 heterocycles. The molecule has 0 spiro atoms. The zero-order valence-corrected chi connectivity index (χ0v) is 17.5.